The van der Waals surface area contributed by atoms with E-state index in [1.165, 1.54) is 11.3 Å². The second kappa shape index (κ2) is 6.34. The van der Waals surface area contributed by atoms with Crippen LogP contribution in [0, 0.1) is 6.92 Å². The maximum Gasteiger partial charge on any atom is 0.269 e. The molecule has 1 atom stereocenters. The molecule has 4 heterocycles. The van der Waals surface area contributed by atoms with E-state index < -0.39 is 0 Å². The Bertz CT molecular complexity index is 831. The van der Waals surface area contributed by atoms with E-state index in [4.69, 9.17) is 4.52 Å². The largest absolute Gasteiger partial charge is 0.333 e. The normalized spacial score (nSPS) is 18.8. The van der Waals surface area contributed by atoms with Crippen LogP contribution in [0.3, 0.4) is 0 Å². The van der Waals surface area contributed by atoms with Crippen LogP contribution >= 0.6 is 11.3 Å². The lowest BCUT2D eigenvalue weighted by Gasteiger charge is -2.30. The third kappa shape index (κ3) is 2.81. The fraction of sp³-hybridized carbons (Fsp3) is 0.400. The Hall–Kier alpha value is -2.23. The fourth-order valence-electron chi connectivity index (χ4n) is 2.66. The summed E-state index contributed by atoms with van der Waals surface area (Å²) in [7, 11) is 2.07. The molecule has 3 aromatic heterocycles. The zero-order chi connectivity index (χ0) is 16.5. The van der Waals surface area contributed by atoms with E-state index in [1.807, 2.05) is 6.92 Å². The molecule has 0 spiro atoms. The van der Waals surface area contributed by atoms with E-state index >= 15 is 0 Å². The lowest BCUT2D eigenvalue weighted by molar-refractivity contribution is 0.190. The molecule has 1 saturated heterocycles. The molecule has 0 radical (unpaired) electrons. The first-order valence-corrected chi connectivity index (χ1v) is 8.54. The van der Waals surface area contributed by atoms with Crippen molar-refractivity contribution in [2.75, 3.05) is 26.7 Å². The number of nitrogens with one attached hydrogen (secondary N) is 1. The number of likely N-dealkylation sites (N-methyl/N-ethyl adjacent to an activating group) is 1. The zero-order valence-electron chi connectivity index (χ0n) is 13.4. The molecule has 1 aliphatic heterocycles. The fourth-order valence-corrected chi connectivity index (χ4v) is 3.59. The second-order valence-corrected chi connectivity index (χ2v) is 6.66. The molecule has 0 saturated carbocycles. The quantitative estimate of drug-likeness (QED) is 0.765. The highest BCUT2D eigenvalue weighted by Crippen LogP contribution is 2.33. The van der Waals surface area contributed by atoms with Crippen LogP contribution in [0.1, 0.15) is 17.6 Å². The lowest BCUT2D eigenvalue weighted by Crippen LogP contribution is -2.44. The molecule has 4 rings (SSSR count). The summed E-state index contributed by atoms with van der Waals surface area (Å²) in [5.41, 5.74) is 0.841. The monoisotopic (exact) mass is 343 g/mol. The molecular formula is C15H17N7OS. The van der Waals surface area contributed by atoms with Crippen LogP contribution in [0.5, 0.6) is 0 Å². The molecule has 1 fully saturated rings. The number of piperazine rings is 1. The van der Waals surface area contributed by atoms with Gasteiger partial charge in [-0.15, -0.1) is 11.3 Å². The Morgan fingerprint density at radius 2 is 2.12 bits per heavy atom. The van der Waals surface area contributed by atoms with E-state index in [-0.39, 0.29) is 6.04 Å². The van der Waals surface area contributed by atoms with Crippen molar-refractivity contribution in [3.63, 3.8) is 0 Å². The topological polar surface area (TPSA) is 92.9 Å². The average Bonchev–Trinajstić information content (AvgIpc) is 3.23. The minimum absolute atomic E-state index is 0.126. The number of hydrogen-bond donors (Lipinski definition) is 1. The van der Waals surface area contributed by atoms with Crippen molar-refractivity contribution in [1.82, 2.24) is 35.3 Å². The first kappa shape index (κ1) is 15.3. The summed E-state index contributed by atoms with van der Waals surface area (Å²) in [5, 5.41) is 8.28. The van der Waals surface area contributed by atoms with Gasteiger partial charge in [-0.05, 0) is 20.0 Å². The van der Waals surface area contributed by atoms with Gasteiger partial charge in [0.15, 0.2) is 16.7 Å². The van der Waals surface area contributed by atoms with Gasteiger partial charge in [0.05, 0.1) is 11.7 Å². The SMILES string of the molecule is Cc1nc(-c2ncccn2)sc1-c1nc(C2CNCCN2C)no1. The van der Waals surface area contributed by atoms with E-state index in [0.717, 1.165) is 35.2 Å². The van der Waals surface area contributed by atoms with Crippen LogP contribution in [0.4, 0.5) is 0 Å². The van der Waals surface area contributed by atoms with E-state index in [1.54, 1.807) is 18.5 Å². The van der Waals surface area contributed by atoms with Crippen LogP contribution in [0.15, 0.2) is 23.0 Å². The van der Waals surface area contributed by atoms with Gasteiger partial charge in [-0.2, -0.15) is 4.98 Å². The first-order chi connectivity index (χ1) is 11.7. The molecule has 1 unspecified atom stereocenters. The minimum Gasteiger partial charge on any atom is -0.333 e. The van der Waals surface area contributed by atoms with Crippen molar-refractivity contribution >= 4 is 11.3 Å². The van der Waals surface area contributed by atoms with Crippen LogP contribution in [-0.2, 0) is 0 Å². The van der Waals surface area contributed by atoms with Gasteiger partial charge >= 0.3 is 0 Å². The summed E-state index contributed by atoms with van der Waals surface area (Å²) in [5.74, 6) is 1.80. The van der Waals surface area contributed by atoms with Crippen molar-refractivity contribution in [3.05, 3.63) is 30.0 Å². The Morgan fingerprint density at radius 1 is 1.29 bits per heavy atom. The molecule has 9 heteroatoms. The van der Waals surface area contributed by atoms with E-state index in [2.05, 4.69) is 42.4 Å². The Labute approximate surface area is 143 Å². The Morgan fingerprint density at radius 3 is 2.92 bits per heavy atom. The third-order valence-corrected chi connectivity index (χ3v) is 5.14. The highest BCUT2D eigenvalue weighted by molar-refractivity contribution is 7.18. The van der Waals surface area contributed by atoms with Crippen LogP contribution in [0.2, 0.25) is 0 Å². The highest BCUT2D eigenvalue weighted by atomic mass is 32.1. The van der Waals surface area contributed by atoms with Crippen molar-refractivity contribution in [3.8, 4) is 21.6 Å². The molecule has 8 nitrogen and oxygen atoms in total. The molecule has 1 aliphatic rings. The molecule has 0 bridgehead atoms. The summed E-state index contributed by atoms with van der Waals surface area (Å²) >= 11 is 1.46. The number of aryl methyl sites for hydroxylation is 1. The lowest BCUT2D eigenvalue weighted by atomic mass is 10.2. The van der Waals surface area contributed by atoms with Crippen LogP contribution in [-0.4, -0.2) is 56.7 Å². The number of hydrogen-bond acceptors (Lipinski definition) is 9. The summed E-state index contributed by atoms with van der Waals surface area (Å²) in [4.78, 5) is 20.7. The molecule has 0 amide bonds. The third-order valence-electron chi connectivity index (χ3n) is 4.00. The van der Waals surface area contributed by atoms with Gasteiger partial charge in [0.25, 0.3) is 5.89 Å². The second-order valence-electron chi connectivity index (χ2n) is 5.66. The standard InChI is InChI=1S/C15H17N7OS/c1-9-11(24-15(19-9)13-17-4-3-5-18-13)14-20-12(21-23-14)10-8-16-6-7-22(10)2/h3-5,10,16H,6-8H2,1-2H3. The van der Waals surface area contributed by atoms with Crippen LogP contribution in [0.25, 0.3) is 21.6 Å². The molecule has 0 aliphatic carbocycles. The van der Waals surface area contributed by atoms with E-state index in [9.17, 15) is 0 Å². The molecule has 124 valence electrons. The molecule has 3 aromatic rings. The van der Waals surface area contributed by atoms with Crippen molar-refractivity contribution in [1.29, 1.82) is 0 Å². The number of nitrogens with zero attached hydrogens (tertiary/aromatic N) is 6. The number of aromatic nitrogens is 5. The molecule has 24 heavy (non-hydrogen) atoms. The maximum atomic E-state index is 5.50. The van der Waals surface area contributed by atoms with Crippen molar-refractivity contribution in [2.24, 2.45) is 0 Å². The van der Waals surface area contributed by atoms with Gasteiger partial charge in [0, 0.05) is 32.0 Å². The predicted molar refractivity (Wildman–Crippen MR) is 89.4 cm³/mol. The first-order valence-electron chi connectivity index (χ1n) is 7.72. The molecule has 1 N–H and O–H groups in total. The van der Waals surface area contributed by atoms with Gasteiger partial charge < -0.3 is 9.84 Å². The predicted octanol–water partition coefficient (Wildman–Crippen LogP) is 1.53. The average molecular weight is 343 g/mol. The minimum atomic E-state index is 0.126. The zero-order valence-corrected chi connectivity index (χ0v) is 14.2. The van der Waals surface area contributed by atoms with Gasteiger partial charge in [-0.3, -0.25) is 4.90 Å². The number of rotatable bonds is 3. The van der Waals surface area contributed by atoms with Gasteiger partial charge in [0.2, 0.25) is 0 Å². The smallest absolute Gasteiger partial charge is 0.269 e. The molecule has 0 aromatic carbocycles. The summed E-state index contributed by atoms with van der Waals surface area (Å²) < 4.78 is 5.50. The highest BCUT2D eigenvalue weighted by Gasteiger charge is 2.26. The van der Waals surface area contributed by atoms with Crippen molar-refractivity contribution < 1.29 is 4.52 Å². The number of thiazole rings is 1. The van der Waals surface area contributed by atoms with Crippen molar-refractivity contribution in [2.45, 2.75) is 13.0 Å². The maximum absolute atomic E-state index is 5.50. The van der Waals surface area contributed by atoms with Gasteiger partial charge in [-0.25, -0.2) is 15.0 Å². The van der Waals surface area contributed by atoms with Crippen LogP contribution < -0.4 is 5.32 Å². The summed E-state index contributed by atoms with van der Waals surface area (Å²) in [6, 6.07) is 1.91. The summed E-state index contributed by atoms with van der Waals surface area (Å²) in [6.07, 6.45) is 3.41. The Kier molecular flexibility index (Phi) is 4.05. The summed E-state index contributed by atoms with van der Waals surface area (Å²) in [6.45, 7) is 4.69. The Balaban J connectivity index is 1.64. The van der Waals surface area contributed by atoms with Gasteiger partial charge in [0.1, 0.15) is 4.88 Å². The van der Waals surface area contributed by atoms with Gasteiger partial charge in [-0.1, -0.05) is 5.16 Å². The van der Waals surface area contributed by atoms with E-state index in [0.29, 0.717) is 17.5 Å². The molecular weight excluding hydrogens is 326 g/mol.